The SMILES string of the molecule is CC(C)(CNC(=O)Cn1cc(C(=O)O)nn1)c1ccc2c(c1)OCCO2. The summed E-state index contributed by atoms with van der Waals surface area (Å²) in [7, 11) is 0. The van der Waals surface area contributed by atoms with Crippen molar-refractivity contribution in [2.45, 2.75) is 25.8 Å². The summed E-state index contributed by atoms with van der Waals surface area (Å²) in [6, 6.07) is 5.75. The van der Waals surface area contributed by atoms with Gasteiger partial charge in [0, 0.05) is 12.0 Å². The molecule has 9 nitrogen and oxygen atoms in total. The maximum Gasteiger partial charge on any atom is 0.358 e. The first-order chi connectivity index (χ1) is 12.3. The van der Waals surface area contributed by atoms with Crippen molar-refractivity contribution in [1.82, 2.24) is 20.3 Å². The molecule has 0 saturated carbocycles. The van der Waals surface area contributed by atoms with Gasteiger partial charge >= 0.3 is 5.97 Å². The molecule has 0 spiro atoms. The minimum absolute atomic E-state index is 0.0997. The number of carboxylic acids is 1. The first-order valence-electron chi connectivity index (χ1n) is 8.15. The van der Waals surface area contributed by atoms with Crippen LogP contribution in [0, 0.1) is 0 Å². The highest BCUT2D eigenvalue weighted by Crippen LogP contribution is 2.34. The quantitative estimate of drug-likeness (QED) is 0.784. The Kier molecular flexibility index (Phi) is 4.79. The van der Waals surface area contributed by atoms with Gasteiger partial charge in [-0.25, -0.2) is 9.48 Å². The number of hydrogen-bond acceptors (Lipinski definition) is 6. The molecule has 1 aromatic heterocycles. The summed E-state index contributed by atoms with van der Waals surface area (Å²) in [5, 5.41) is 18.8. The molecule has 1 aliphatic heterocycles. The van der Waals surface area contributed by atoms with E-state index in [0.29, 0.717) is 25.5 Å². The standard InChI is InChI=1S/C17H20N4O5/c1-17(2,11-3-4-13-14(7-11)26-6-5-25-13)10-18-15(22)9-21-8-12(16(23)24)19-20-21/h3-4,7-8H,5-6,9-10H2,1-2H3,(H,18,22)(H,23,24). The van der Waals surface area contributed by atoms with E-state index in [1.54, 1.807) is 0 Å². The number of fused-ring (bicyclic) bond motifs is 1. The van der Waals surface area contributed by atoms with Gasteiger partial charge in [0.05, 0.1) is 6.20 Å². The van der Waals surface area contributed by atoms with E-state index < -0.39 is 5.97 Å². The zero-order valence-corrected chi connectivity index (χ0v) is 14.6. The van der Waals surface area contributed by atoms with E-state index in [-0.39, 0.29) is 23.6 Å². The number of aromatic nitrogens is 3. The normalized spacial score (nSPS) is 13.3. The Labute approximate surface area is 149 Å². The molecule has 1 amide bonds. The maximum atomic E-state index is 12.1. The Bertz CT molecular complexity index is 830. The Morgan fingerprint density at radius 3 is 2.69 bits per heavy atom. The van der Waals surface area contributed by atoms with Gasteiger partial charge in [-0.1, -0.05) is 25.1 Å². The third-order valence-corrected chi connectivity index (χ3v) is 4.11. The third-order valence-electron chi connectivity index (χ3n) is 4.11. The van der Waals surface area contributed by atoms with Gasteiger partial charge in [0.2, 0.25) is 5.91 Å². The summed E-state index contributed by atoms with van der Waals surface area (Å²) >= 11 is 0. The maximum absolute atomic E-state index is 12.1. The minimum Gasteiger partial charge on any atom is -0.486 e. The Balaban J connectivity index is 1.60. The van der Waals surface area contributed by atoms with Crippen molar-refractivity contribution < 1.29 is 24.2 Å². The Morgan fingerprint density at radius 1 is 1.27 bits per heavy atom. The summed E-state index contributed by atoms with van der Waals surface area (Å²) in [6.45, 7) is 5.37. The lowest BCUT2D eigenvalue weighted by Crippen LogP contribution is -2.38. The molecule has 0 bridgehead atoms. The van der Waals surface area contributed by atoms with E-state index in [4.69, 9.17) is 14.6 Å². The molecule has 9 heteroatoms. The molecule has 0 aliphatic carbocycles. The van der Waals surface area contributed by atoms with Gasteiger partial charge in [-0.05, 0) is 17.7 Å². The van der Waals surface area contributed by atoms with Gasteiger partial charge in [-0.2, -0.15) is 0 Å². The highest BCUT2D eigenvalue weighted by Gasteiger charge is 2.24. The fourth-order valence-corrected chi connectivity index (χ4v) is 2.56. The van der Waals surface area contributed by atoms with Crippen LogP contribution in [0.1, 0.15) is 29.9 Å². The van der Waals surface area contributed by atoms with Gasteiger partial charge in [0.25, 0.3) is 0 Å². The van der Waals surface area contributed by atoms with Crippen LogP contribution in [0.15, 0.2) is 24.4 Å². The monoisotopic (exact) mass is 360 g/mol. The second-order valence-corrected chi connectivity index (χ2v) is 6.63. The average Bonchev–Trinajstić information content (AvgIpc) is 3.08. The van der Waals surface area contributed by atoms with Gasteiger partial charge in [-0.3, -0.25) is 4.79 Å². The second kappa shape index (κ2) is 7.03. The van der Waals surface area contributed by atoms with Crippen LogP contribution < -0.4 is 14.8 Å². The lowest BCUT2D eigenvalue weighted by atomic mass is 9.84. The number of ether oxygens (including phenoxy) is 2. The number of carbonyl (C=O) groups excluding carboxylic acids is 1. The van der Waals surface area contributed by atoms with Crippen LogP contribution in [0.25, 0.3) is 0 Å². The molecule has 2 heterocycles. The van der Waals surface area contributed by atoms with Gasteiger partial charge in [0.15, 0.2) is 17.2 Å². The van der Waals surface area contributed by atoms with Crippen LogP contribution in [0.4, 0.5) is 0 Å². The van der Waals surface area contributed by atoms with Crippen molar-refractivity contribution in [3.8, 4) is 11.5 Å². The number of carboxylic acid groups (broad SMARTS) is 1. The van der Waals surface area contributed by atoms with Crippen molar-refractivity contribution >= 4 is 11.9 Å². The van der Waals surface area contributed by atoms with Gasteiger partial charge in [0.1, 0.15) is 19.8 Å². The lowest BCUT2D eigenvalue weighted by Gasteiger charge is -2.27. The molecule has 138 valence electrons. The molecule has 0 unspecified atom stereocenters. The number of nitrogens with zero attached hydrogens (tertiary/aromatic N) is 3. The molecule has 0 atom stereocenters. The fourth-order valence-electron chi connectivity index (χ4n) is 2.56. The van der Waals surface area contributed by atoms with Crippen molar-refractivity contribution in [2.24, 2.45) is 0 Å². The summed E-state index contributed by atoms with van der Waals surface area (Å²) in [5.41, 5.74) is 0.477. The molecule has 3 rings (SSSR count). The second-order valence-electron chi connectivity index (χ2n) is 6.63. The summed E-state index contributed by atoms with van der Waals surface area (Å²) in [4.78, 5) is 22.9. The van der Waals surface area contributed by atoms with Crippen LogP contribution >= 0.6 is 0 Å². The number of hydrogen-bond donors (Lipinski definition) is 2. The summed E-state index contributed by atoms with van der Waals surface area (Å²) in [6.07, 6.45) is 1.22. The number of rotatable bonds is 6. The summed E-state index contributed by atoms with van der Waals surface area (Å²) < 4.78 is 12.3. The van der Waals surface area contributed by atoms with E-state index in [1.807, 2.05) is 32.0 Å². The molecular formula is C17H20N4O5. The predicted molar refractivity (Wildman–Crippen MR) is 90.4 cm³/mol. The van der Waals surface area contributed by atoms with Gasteiger partial charge < -0.3 is 19.9 Å². The zero-order chi connectivity index (χ0) is 18.7. The number of amides is 1. The smallest absolute Gasteiger partial charge is 0.358 e. The van der Waals surface area contributed by atoms with Crippen LogP contribution in [0.2, 0.25) is 0 Å². The molecule has 0 radical (unpaired) electrons. The van der Waals surface area contributed by atoms with E-state index in [0.717, 1.165) is 11.3 Å². The molecule has 0 fully saturated rings. The largest absolute Gasteiger partial charge is 0.486 e. The molecule has 26 heavy (non-hydrogen) atoms. The Hall–Kier alpha value is -3.10. The van der Waals surface area contributed by atoms with Crippen molar-refractivity contribution in [3.63, 3.8) is 0 Å². The van der Waals surface area contributed by atoms with E-state index in [2.05, 4.69) is 15.6 Å². The van der Waals surface area contributed by atoms with Crippen molar-refractivity contribution in [1.29, 1.82) is 0 Å². The predicted octanol–water partition coefficient (Wildman–Crippen LogP) is 0.841. The first-order valence-corrected chi connectivity index (χ1v) is 8.15. The lowest BCUT2D eigenvalue weighted by molar-refractivity contribution is -0.122. The topological polar surface area (TPSA) is 116 Å². The minimum atomic E-state index is -1.18. The molecule has 2 aromatic rings. The van der Waals surface area contributed by atoms with Crippen molar-refractivity contribution in [2.75, 3.05) is 19.8 Å². The number of benzene rings is 1. The summed E-state index contributed by atoms with van der Waals surface area (Å²) in [5.74, 6) is -0.0360. The van der Waals surface area contributed by atoms with E-state index in [9.17, 15) is 9.59 Å². The molecular weight excluding hydrogens is 340 g/mol. The number of carbonyl (C=O) groups is 2. The Morgan fingerprint density at radius 2 is 2.00 bits per heavy atom. The van der Waals surface area contributed by atoms with Gasteiger partial charge in [-0.15, -0.1) is 5.10 Å². The highest BCUT2D eigenvalue weighted by atomic mass is 16.6. The number of aromatic carboxylic acids is 1. The first kappa shape index (κ1) is 17.7. The number of nitrogens with one attached hydrogen (secondary N) is 1. The molecule has 2 N–H and O–H groups in total. The third kappa shape index (κ3) is 3.93. The van der Waals surface area contributed by atoms with E-state index in [1.165, 1.54) is 10.9 Å². The van der Waals surface area contributed by atoms with Crippen LogP contribution in [0.3, 0.4) is 0 Å². The van der Waals surface area contributed by atoms with Crippen molar-refractivity contribution in [3.05, 3.63) is 35.7 Å². The van der Waals surface area contributed by atoms with Crippen LogP contribution in [0.5, 0.6) is 11.5 Å². The van der Waals surface area contributed by atoms with Crippen LogP contribution in [-0.2, 0) is 16.8 Å². The highest BCUT2D eigenvalue weighted by molar-refractivity contribution is 5.84. The zero-order valence-electron chi connectivity index (χ0n) is 14.6. The molecule has 1 aliphatic rings. The molecule has 0 saturated heterocycles. The average molecular weight is 360 g/mol. The van der Waals surface area contributed by atoms with E-state index >= 15 is 0 Å². The molecule has 1 aromatic carbocycles. The fraction of sp³-hybridized carbons (Fsp3) is 0.412. The van der Waals surface area contributed by atoms with Crippen LogP contribution in [-0.4, -0.2) is 51.7 Å².